The van der Waals surface area contributed by atoms with Crippen molar-refractivity contribution in [1.82, 2.24) is 9.80 Å². The lowest BCUT2D eigenvalue weighted by Crippen LogP contribution is -2.52. The van der Waals surface area contributed by atoms with Gasteiger partial charge >= 0.3 is 5.97 Å². The summed E-state index contributed by atoms with van der Waals surface area (Å²) < 4.78 is 4.92. The molecule has 2 N–H and O–H groups in total. The zero-order chi connectivity index (χ0) is 15.7. The van der Waals surface area contributed by atoms with Gasteiger partial charge in [0, 0.05) is 32.6 Å². The lowest BCUT2D eigenvalue weighted by atomic mass is 10.1. The molecule has 0 saturated carbocycles. The fourth-order valence-electron chi connectivity index (χ4n) is 2.57. The molecule has 1 fully saturated rings. The van der Waals surface area contributed by atoms with Gasteiger partial charge in [-0.25, -0.2) is 0 Å². The van der Waals surface area contributed by atoms with Crippen LogP contribution in [0.15, 0.2) is 0 Å². The Morgan fingerprint density at radius 3 is 2.48 bits per heavy atom. The highest BCUT2D eigenvalue weighted by molar-refractivity contribution is 7.80. The van der Waals surface area contributed by atoms with E-state index in [1.165, 1.54) is 0 Å². The molecule has 1 atom stereocenters. The third-order valence-corrected chi connectivity index (χ3v) is 4.37. The molecule has 21 heavy (non-hydrogen) atoms. The van der Waals surface area contributed by atoms with Gasteiger partial charge in [0.25, 0.3) is 0 Å². The van der Waals surface area contributed by atoms with Gasteiger partial charge in [0.15, 0.2) is 0 Å². The minimum atomic E-state index is -0.0714. The van der Waals surface area contributed by atoms with Gasteiger partial charge in [-0.05, 0) is 33.2 Å². The molecule has 1 aliphatic heterocycles. The first-order valence-corrected chi connectivity index (χ1v) is 8.36. The number of piperazine rings is 1. The first kappa shape index (κ1) is 18.3. The molecular formula is C15H29N3O2S. The van der Waals surface area contributed by atoms with Gasteiger partial charge in [0.2, 0.25) is 0 Å². The molecule has 0 bridgehead atoms. The van der Waals surface area contributed by atoms with Crippen molar-refractivity contribution in [2.24, 2.45) is 5.73 Å². The Kier molecular flexibility index (Phi) is 8.80. The molecule has 1 heterocycles. The Morgan fingerprint density at radius 1 is 1.24 bits per heavy atom. The topological polar surface area (TPSA) is 58.8 Å². The van der Waals surface area contributed by atoms with Gasteiger partial charge in [-0.15, -0.1) is 0 Å². The number of unbranched alkanes of at least 4 members (excludes halogenated alkanes) is 2. The van der Waals surface area contributed by atoms with Crippen molar-refractivity contribution in [3.63, 3.8) is 0 Å². The highest BCUT2D eigenvalue weighted by Crippen LogP contribution is 2.09. The average Bonchev–Trinajstić information content (AvgIpc) is 2.47. The highest BCUT2D eigenvalue weighted by atomic mass is 32.1. The predicted octanol–water partition coefficient (Wildman–Crippen LogP) is 1.40. The third-order valence-electron chi connectivity index (χ3n) is 4.03. The fourth-order valence-corrected chi connectivity index (χ4v) is 2.72. The van der Waals surface area contributed by atoms with Crippen LogP contribution in [0, 0.1) is 0 Å². The van der Waals surface area contributed by atoms with E-state index < -0.39 is 0 Å². The van der Waals surface area contributed by atoms with Crippen molar-refractivity contribution >= 4 is 23.2 Å². The molecule has 0 radical (unpaired) electrons. The molecule has 0 aliphatic carbocycles. The predicted molar refractivity (Wildman–Crippen MR) is 89.4 cm³/mol. The molecule has 6 heteroatoms. The number of thiocarbonyl (C=S) groups is 1. The van der Waals surface area contributed by atoms with Crippen LogP contribution in [0.2, 0.25) is 0 Å². The van der Waals surface area contributed by atoms with E-state index in [0.717, 1.165) is 52.0 Å². The molecule has 1 unspecified atom stereocenters. The SMILES string of the molecule is CCOC(=O)CCCCCN1CCN(C(C)C(N)=S)CC1. The van der Waals surface area contributed by atoms with Crippen molar-refractivity contribution in [2.45, 2.75) is 45.6 Å². The van der Waals surface area contributed by atoms with Crippen molar-refractivity contribution in [2.75, 3.05) is 39.3 Å². The van der Waals surface area contributed by atoms with Crippen LogP contribution in [0.1, 0.15) is 39.5 Å². The summed E-state index contributed by atoms with van der Waals surface area (Å²) in [5.74, 6) is -0.0714. The second-order valence-electron chi connectivity index (χ2n) is 5.57. The minimum Gasteiger partial charge on any atom is -0.466 e. The molecule has 1 rings (SSSR count). The summed E-state index contributed by atoms with van der Waals surface area (Å²) in [6.45, 7) is 9.72. The van der Waals surface area contributed by atoms with Crippen LogP contribution in [-0.2, 0) is 9.53 Å². The van der Waals surface area contributed by atoms with Crippen molar-refractivity contribution < 1.29 is 9.53 Å². The summed E-state index contributed by atoms with van der Waals surface area (Å²) in [6, 6.07) is 0.201. The van der Waals surface area contributed by atoms with Crippen molar-refractivity contribution in [3.8, 4) is 0 Å². The molecule has 0 aromatic carbocycles. The van der Waals surface area contributed by atoms with E-state index in [-0.39, 0.29) is 12.0 Å². The molecule has 1 saturated heterocycles. The summed E-state index contributed by atoms with van der Waals surface area (Å²) in [5.41, 5.74) is 5.70. The van der Waals surface area contributed by atoms with Crippen molar-refractivity contribution in [3.05, 3.63) is 0 Å². The van der Waals surface area contributed by atoms with E-state index in [0.29, 0.717) is 18.0 Å². The van der Waals surface area contributed by atoms with E-state index in [2.05, 4.69) is 16.7 Å². The number of hydrogen-bond acceptors (Lipinski definition) is 5. The quantitative estimate of drug-likeness (QED) is 0.394. The molecule has 122 valence electrons. The highest BCUT2D eigenvalue weighted by Gasteiger charge is 2.21. The number of carbonyl (C=O) groups is 1. The Balaban J connectivity index is 2.06. The molecule has 1 aliphatic rings. The number of ether oxygens (including phenoxy) is 1. The lowest BCUT2D eigenvalue weighted by molar-refractivity contribution is -0.143. The standard InChI is InChI=1S/C15H29N3O2S/c1-3-20-14(19)7-5-4-6-8-17-9-11-18(12-10-17)13(2)15(16)21/h13H,3-12H2,1-2H3,(H2,16,21). The van der Waals surface area contributed by atoms with Crippen LogP contribution in [-0.4, -0.2) is 66.1 Å². The van der Waals surface area contributed by atoms with Crippen molar-refractivity contribution in [1.29, 1.82) is 0 Å². The number of rotatable bonds is 9. The lowest BCUT2D eigenvalue weighted by Gasteiger charge is -2.37. The van der Waals surface area contributed by atoms with Gasteiger partial charge in [-0.2, -0.15) is 0 Å². The van der Waals surface area contributed by atoms with Crippen LogP contribution in [0.4, 0.5) is 0 Å². The van der Waals surface area contributed by atoms with Crippen LogP contribution in [0.3, 0.4) is 0 Å². The largest absolute Gasteiger partial charge is 0.466 e. The van der Waals surface area contributed by atoms with Gasteiger partial charge in [-0.1, -0.05) is 18.6 Å². The van der Waals surface area contributed by atoms with Crippen LogP contribution in [0.25, 0.3) is 0 Å². The Labute approximate surface area is 133 Å². The maximum Gasteiger partial charge on any atom is 0.305 e. The Bertz CT molecular complexity index is 331. The molecule has 0 aromatic rings. The number of esters is 1. The molecular weight excluding hydrogens is 286 g/mol. The summed E-state index contributed by atoms with van der Waals surface area (Å²) in [5, 5.41) is 0. The fraction of sp³-hybridized carbons (Fsp3) is 0.867. The average molecular weight is 315 g/mol. The maximum absolute atomic E-state index is 11.2. The maximum atomic E-state index is 11.2. The summed E-state index contributed by atoms with van der Waals surface area (Å²) in [4.78, 5) is 16.6. The van der Waals surface area contributed by atoms with E-state index in [9.17, 15) is 4.79 Å². The molecule has 0 spiro atoms. The Hall–Kier alpha value is -0.720. The van der Waals surface area contributed by atoms with E-state index >= 15 is 0 Å². The molecule has 0 amide bonds. The molecule has 0 aromatic heterocycles. The Morgan fingerprint density at radius 2 is 1.90 bits per heavy atom. The van der Waals surface area contributed by atoms with Crippen LogP contribution >= 0.6 is 12.2 Å². The second kappa shape index (κ2) is 10.1. The number of nitrogens with two attached hydrogens (primary N) is 1. The number of hydrogen-bond donors (Lipinski definition) is 1. The monoisotopic (exact) mass is 315 g/mol. The summed E-state index contributed by atoms with van der Waals surface area (Å²) >= 11 is 5.05. The van der Waals surface area contributed by atoms with E-state index in [1.54, 1.807) is 0 Å². The van der Waals surface area contributed by atoms with Gasteiger partial charge in [0.05, 0.1) is 17.6 Å². The number of carbonyl (C=O) groups excluding carboxylic acids is 1. The summed E-state index contributed by atoms with van der Waals surface area (Å²) in [6.07, 6.45) is 3.71. The first-order chi connectivity index (χ1) is 10.0. The van der Waals surface area contributed by atoms with Gasteiger partial charge in [-0.3, -0.25) is 9.69 Å². The van der Waals surface area contributed by atoms with E-state index in [1.807, 2.05) is 6.92 Å². The van der Waals surface area contributed by atoms with Gasteiger partial charge in [0.1, 0.15) is 0 Å². The summed E-state index contributed by atoms with van der Waals surface area (Å²) in [7, 11) is 0. The number of nitrogens with zero attached hydrogens (tertiary/aromatic N) is 2. The van der Waals surface area contributed by atoms with Crippen LogP contribution < -0.4 is 5.73 Å². The minimum absolute atomic E-state index is 0.0714. The second-order valence-corrected chi connectivity index (χ2v) is 6.04. The normalized spacial score (nSPS) is 18.4. The van der Waals surface area contributed by atoms with E-state index in [4.69, 9.17) is 22.7 Å². The van der Waals surface area contributed by atoms with Gasteiger partial charge < -0.3 is 15.4 Å². The zero-order valence-electron chi connectivity index (χ0n) is 13.3. The molecule has 5 nitrogen and oxygen atoms in total. The first-order valence-electron chi connectivity index (χ1n) is 7.96. The smallest absolute Gasteiger partial charge is 0.305 e. The van der Waals surface area contributed by atoms with Crippen LogP contribution in [0.5, 0.6) is 0 Å². The third kappa shape index (κ3) is 7.20. The zero-order valence-corrected chi connectivity index (χ0v) is 14.2.